The molecule has 1 unspecified atom stereocenters. The highest BCUT2D eigenvalue weighted by molar-refractivity contribution is 5.45. The van der Waals surface area contributed by atoms with Gasteiger partial charge in [-0.1, -0.05) is 0 Å². The van der Waals surface area contributed by atoms with Crippen molar-refractivity contribution in [2.45, 2.75) is 5.92 Å². The van der Waals surface area contributed by atoms with E-state index in [2.05, 4.69) is 9.97 Å². The van der Waals surface area contributed by atoms with Crippen LogP contribution in [0.4, 0.5) is 0 Å². The van der Waals surface area contributed by atoms with Gasteiger partial charge in [-0.05, 0) is 24.3 Å². The zero-order valence-corrected chi connectivity index (χ0v) is 11.0. The van der Waals surface area contributed by atoms with Crippen LogP contribution in [0.3, 0.4) is 0 Å². The van der Waals surface area contributed by atoms with Gasteiger partial charge in [0.05, 0.1) is 19.9 Å². The molecule has 1 heterocycles. The maximum Gasteiger partial charge on any atom is 0.123 e. The van der Waals surface area contributed by atoms with Crippen LogP contribution < -0.4 is 15.2 Å². The normalized spacial score (nSPS) is 11.9. The van der Waals surface area contributed by atoms with E-state index in [-0.39, 0.29) is 5.92 Å². The predicted octanol–water partition coefficient (Wildman–Crippen LogP) is 1.58. The van der Waals surface area contributed by atoms with Gasteiger partial charge in [0.25, 0.3) is 0 Å². The Kier molecular flexibility index (Phi) is 4.30. The lowest BCUT2D eigenvalue weighted by atomic mass is 9.94. The summed E-state index contributed by atoms with van der Waals surface area (Å²) in [4.78, 5) is 8.19. The molecule has 0 aliphatic carbocycles. The largest absolute Gasteiger partial charge is 0.497 e. The minimum absolute atomic E-state index is 0.0481. The fraction of sp³-hybridized carbons (Fsp3) is 0.286. The molecule has 2 N–H and O–H groups in total. The molecule has 0 fully saturated rings. The van der Waals surface area contributed by atoms with E-state index < -0.39 is 0 Å². The number of methoxy groups -OCH3 is 2. The fourth-order valence-electron chi connectivity index (χ4n) is 2.03. The summed E-state index contributed by atoms with van der Waals surface area (Å²) in [6.45, 7) is 0.431. The third kappa shape index (κ3) is 2.82. The van der Waals surface area contributed by atoms with Crippen molar-refractivity contribution >= 4 is 0 Å². The van der Waals surface area contributed by atoms with Crippen LogP contribution >= 0.6 is 0 Å². The van der Waals surface area contributed by atoms with Crippen LogP contribution in [-0.4, -0.2) is 30.7 Å². The summed E-state index contributed by atoms with van der Waals surface area (Å²) < 4.78 is 10.7. The molecule has 0 radical (unpaired) electrons. The zero-order valence-electron chi connectivity index (χ0n) is 11.0. The molecule has 0 aliphatic rings. The first-order valence-electron chi connectivity index (χ1n) is 5.98. The smallest absolute Gasteiger partial charge is 0.123 e. The molecule has 0 spiro atoms. The maximum absolute atomic E-state index is 5.90. The molecule has 2 aromatic rings. The van der Waals surface area contributed by atoms with Gasteiger partial charge >= 0.3 is 0 Å². The highest BCUT2D eigenvalue weighted by atomic mass is 16.5. The van der Waals surface area contributed by atoms with Crippen molar-refractivity contribution in [2.24, 2.45) is 5.73 Å². The average molecular weight is 259 g/mol. The van der Waals surface area contributed by atoms with E-state index in [0.29, 0.717) is 6.54 Å². The second-order valence-corrected chi connectivity index (χ2v) is 4.03. The topological polar surface area (TPSA) is 70.3 Å². The van der Waals surface area contributed by atoms with Gasteiger partial charge in [0.1, 0.15) is 17.8 Å². The molecule has 0 amide bonds. The Morgan fingerprint density at radius 1 is 1.21 bits per heavy atom. The van der Waals surface area contributed by atoms with Crippen molar-refractivity contribution in [3.05, 3.63) is 48.0 Å². The summed E-state index contributed by atoms with van der Waals surface area (Å²) in [5.41, 5.74) is 7.72. The number of aromatic nitrogens is 2. The van der Waals surface area contributed by atoms with Crippen molar-refractivity contribution in [2.75, 3.05) is 20.8 Å². The first-order chi connectivity index (χ1) is 9.30. The van der Waals surface area contributed by atoms with Crippen LogP contribution in [0.1, 0.15) is 17.2 Å². The molecule has 0 saturated heterocycles. The Morgan fingerprint density at radius 3 is 2.63 bits per heavy atom. The lowest BCUT2D eigenvalue weighted by molar-refractivity contribution is 0.397. The van der Waals surface area contributed by atoms with E-state index >= 15 is 0 Å². The maximum atomic E-state index is 5.90. The Morgan fingerprint density at radius 2 is 2.05 bits per heavy atom. The fourth-order valence-corrected chi connectivity index (χ4v) is 2.03. The van der Waals surface area contributed by atoms with Crippen LogP contribution in [0.25, 0.3) is 0 Å². The van der Waals surface area contributed by atoms with Gasteiger partial charge in [-0.2, -0.15) is 0 Å². The zero-order chi connectivity index (χ0) is 13.7. The van der Waals surface area contributed by atoms with E-state index in [1.165, 1.54) is 6.33 Å². The number of ether oxygens (including phenoxy) is 2. The van der Waals surface area contributed by atoms with Crippen molar-refractivity contribution in [1.29, 1.82) is 0 Å². The van der Waals surface area contributed by atoms with Gasteiger partial charge in [0.15, 0.2) is 0 Å². The van der Waals surface area contributed by atoms with Crippen molar-refractivity contribution in [3.63, 3.8) is 0 Å². The summed E-state index contributed by atoms with van der Waals surface area (Å²) in [7, 11) is 3.27. The molecule has 0 saturated carbocycles. The molecule has 5 nitrogen and oxygen atoms in total. The standard InChI is InChI=1S/C14H17N3O2/c1-18-10-3-4-14(19-2)11(7-10)12(8-15)13-5-6-16-9-17-13/h3-7,9,12H,8,15H2,1-2H3. The second-order valence-electron chi connectivity index (χ2n) is 4.03. The van der Waals surface area contributed by atoms with Crippen LogP contribution in [-0.2, 0) is 0 Å². The van der Waals surface area contributed by atoms with Crippen LogP contribution in [0.15, 0.2) is 36.8 Å². The summed E-state index contributed by atoms with van der Waals surface area (Å²) >= 11 is 0. The van der Waals surface area contributed by atoms with Gasteiger partial charge in [-0.3, -0.25) is 0 Å². The van der Waals surface area contributed by atoms with Crippen LogP contribution in [0, 0.1) is 0 Å². The minimum atomic E-state index is -0.0481. The van der Waals surface area contributed by atoms with Gasteiger partial charge in [0.2, 0.25) is 0 Å². The third-order valence-corrected chi connectivity index (χ3v) is 3.01. The van der Waals surface area contributed by atoms with E-state index in [4.69, 9.17) is 15.2 Å². The highest BCUT2D eigenvalue weighted by Gasteiger charge is 2.19. The summed E-state index contributed by atoms with van der Waals surface area (Å²) in [6.07, 6.45) is 3.22. The van der Waals surface area contributed by atoms with E-state index in [1.807, 2.05) is 24.3 Å². The SMILES string of the molecule is COc1ccc(OC)c(C(CN)c2ccncn2)c1. The highest BCUT2D eigenvalue weighted by Crippen LogP contribution is 2.33. The number of nitrogens with two attached hydrogens (primary N) is 1. The summed E-state index contributed by atoms with van der Waals surface area (Å²) in [5, 5.41) is 0. The molecule has 0 aliphatic heterocycles. The minimum Gasteiger partial charge on any atom is -0.497 e. The van der Waals surface area contributed by atoms with Gasteiger partial charge in [-0.15, -0.1) is 0 Å². The number of hydrogen-bond acceptors (Lipinski definition) is 5. The van der Waals surface area contributed by atoms with Gasteiger partial charge in [-0.25, -0.2) is 9.97 Å². The lowest BCUT2D eigenvalue weighted by Crippen LogP contribution is -2.16. The lowest BCUT2D eigenvalue weighted by Gasteiger charge is -2.18. The van der Waals surface area contributed by atoms with E-state index in [9.17, 15) is 0 Å². The molecule has 100 valence electrons. The number of rotatable bonds is 5. The Balaban J connectivity index is 2.48. The monoisotopic (exact) mass is 259 g/mol. The van der Waals surface area contributed by atoms with Crippen molar-refractivity contribution < 1.29 is 9.47 Å². The van der Waals surface area contributed by atoms with Crippen LogP contribution in [0.5, 0.6) is 11.5 Å². The quantitative estimate of drug-likeness (QED) is 0.882. The molecule has 5 heteroatoms. The average Bonchev–Trinajstić information content (AvgIpc) is 2.49. The molecular weight excluding hydrogens is 242 g/mol. The Hall–Kier alpha value is -2.14. The number of benzene rings is 1. The predicted molar refractivity (Wildman–Crippen MR) is 72.5 cm³/mol. The van der Waals surface area contributed by atoms with Gasteiger partial charge < -0.3 is 15.2 Å². The summed E-state index contributed by atoms with van der Waals surface area (Å²) in [5.74, 6) is 1.49. The molecule has 2 rings (SSSR count). The van der Waals surface area contributed by atoms with Crippen molar-refractivity contribution in [3.8, 4) is 11.5 Å². The number of nitrogens with zero attached hydrogens (tertiary/aromatic N) is 2. The Bertz CT molecular complexity index is 531. The molecular formula is C14H17N3O2. The van der Waals surface area contributed by atoms with E-state index in [1.54, 1.807) is 20.4 Å². The third-order valence-electron chi connectivity index (χ3n) is 3.01. The Labute approximate surface area is 112 Å². The second kappa shape index (κ2) is 6.15. The summed E-state index contributed by atoms with van der Waals surface area (Å²) in [6, 6.07) is 7.52. The first-order valence-corrected chi connectivity index (χ1v) is 5.98. The molecule has 1 aromatic carbocycles. The molecule has 1 atom stereocenters. The van der Waals surface area contributed by atoms with Gasteiger partial charge in [0, 0.05) is 24.2 Å². The van der Waals surface area contributed by atoms with Crippen LogP contribution in [0.2, 0.25) is 0 Å². The van der Waals surface area contributed by atoms with Crippen molar-refractivity contribution in [1.82, 2.24) is 9.97 Å². The molecule has 1 aromatic heterocycles. The number of hydrogen-bond donors (Lipinski definition) is 1. The van der Waals surface area contributed by atoms with E-state index in [0.717, 1.165) is 22.8 Å². The first kappa shape index (κ1) is 13.3. The molecule has 19 heavy (non-hydrogen) atoms. The molecule has 0 bridgehead atoms.